The number of rotatable bonds is 2. The van der Waals surface area contributed by atoms with Crippen LogP contribution in [-0.4, -0.2) is 34.1 Å². The van der Waals surface area contributed by atoms with Gasteiger partial charge in [-0.3, -0.25) is 0 Å². The van der Waals surface area contributed by atoms with Gasteiger partial charge in [0.05, 0.1) is 6.33 Å². The van der Waals surface area contributed by atoms with Crippen LogP contribution in [0.25, 0.3) is 0 Å². The highest BCUT2D eigenvalue weighted by atomic mass is 15.1. The van der Waals surface area contributed by atoms with Gasteiger partial charge in [0.25, 0.3) is 0 Å². The molecule has 0 atom stereocenters. The summed E-state index contributed by atoms with van der Waals surface area (Å²) in [5, 5.41) is 0. The normalized spacial score (nSPS) is 18.3. The average Bonchev–Trinajstić information content (AvgIpc) is 2.85. The zero-order chi connectivity index (χ0) is 11.1. The molecule has 0 N–H and O–H groups in total. The highest BCUT2D eigenvalue weighted by Gasteiger charge is 2.18. The van der Waals surface area contributed by atoms with Gasteiger partial charge in [-0.25, -0.2) is 4.98 Å². The van der Waals surface area contributed by atoms with Crippen LogP contribution in [0.2, 0.25) is 0 Å². The van der Waals surface area contributed by atoms with Gasteiger partial charge in [0.2, 0.25) is 0 Å². The molecule has 1 fully saturated rings. The number of hydrogen-bond donors (Lipinski definition) is 0. The molecule has 15 heavy (non-hydrogen) atoms. The SMILES string of the molecule is CC.CCN1CCC(n2ccnc2)CC1. The molecule has 0 spiro atoms. The second kappa shape index (κ2) is 6.62. The number of piperidine rings is 1. The average molecular weight is 209 g/mol. The van der Waals surface area contributed by atoms with Crippen molar-refractivity contribution in [3.05, 3.63) is 18.7 Å². The minimum absolute atomic E-state index is 0.685. The van der Waals surface area contributed by atoms with Crippen LogP contribution in [0.5, 0.6) is 0 Å². The van der Waals surface area contributed by atoms with Crippen molar-refractivity contribution in [1.82, 2.24) is 14.5 Å². The molecule has 1 saturated heterocycles. The standard InChI is InChI=1S/C10H17N3.C2H6/c1-2-12-6-3-10(4-7-12)13-8-5-11-9-13;1-2/h5,8-10H,2-4,6-7H2,1H3;1-2H3. The smallest absolute Gasteiger partial charge is 0.0948 e. The fourth-order valence-corrected chi connectivity index (χ4v) is 2.02. The van der Waals surface area contributed by atoms with Crippen LogP contribution in [0.4, 0.5) is 0 Å². The summed E-state index contributed by atoms with van der Waals surface area (Å²) in [6, 6.07) is 0.685. The summed E-state index contributed by atoms with van der Waals surface area (Å²) in [4.78, 5) is 6.59. The van der Waals surface area contributed by atoms with E-state index in [2.05, 4.69) is 27.6 Å². The minimum Gasteiger partial charge on any atom is -0.334 e. The molecule has 2 rings (SSSR count). The summed E-state index contributed by atoms with van der Waals surface area (Å²) < 4.78 is 2.24. The van der Waals surface area contributed by atoms with E-state index >= 15 is 0 Å². The highest BCUT2D eigenvalue weighted by molar-refractivity contribution is 4.83. The van der Waals surface area contributed by atoms with E-state index in [-0.39, 0.29) is 0 Å². The topological polar surface area (TPSA) is 21.1 Å². The molecule has 1 aromatic rings. The van der Waals surface area contributed by atoms with Gasteiger partial charge >= 0.3 is 0 Å². The van der Waals surface area contributed by atoms with Crippen LogP contribution in [0.15, 0.2) is 18.7 Å². The van der Waals surface area contributed by atoms with Crippen molar-refractivity contribution < 1.29 is 0 Å². The number of aromatic nitrogens is 2. The van der Waals surface area contributed by atoms with Crippen LogP contribution in [-0.2, 0) is 0 Å². The van der Waals surface area contributed by atoms with Gasteiger partial charge in [-0.1, -0.05) is 20.8 Å². The van der Waals surface area contributed by atoms with Crippen LogP contribution in [0.1, 0.15) is 39.7 Å². The number of imidazole rings is 1. The van der Waals surface area contributed by atoms with Crippen molar-refractivity contribution >= 4 is 0 Å². The summed E-state index contributed by atoms with van der Waals surface area (Å²) in [5.41, 5.74) is 0. The van der Waals surface area contributed by atoms with Crippen LogP contribution >= 0.6 is 0 Å². The Hall–Kier alpha value is -0.830. The fourth-order valence-electron chi connectivity index (χ4n) is 2.02. The van der Waals surface area contributed by atoms with Crippen LogP contribution < -0.4 is 0 Å². The summed E-state index contributed by atoms with van der Waals surface area (Å²) in [6.07, 6.45) is 8.42. The van der Waals surface area contributed by atoms with Gasteiger partial charge < -0.3 is 9.47 Å². The highest BCUT2D eigenvalue weighted by Crippen LogP contribution is 2.21. The van der Waals surface area contributed by atoms with Crippen molar-refractivity contribution in [2.24, 2.45) is 0 Å². The molecule has 0 aromatic carbocycles. The third-order valence-electron chi connectivity index (χ3n) is 2.95. The third-order valence-corrected chi connectivity index (χ3v) is 2.95. The Kier molecular flexibility index (Phi) is 5.40. The van der Waals surface area contributed by atoms with Gasteiger partial charge in [-0.2, -0.15) is 0 Å². The van der Waals surface area contributed by atoms with E-state index in [4.69, 9.17) is 0 Å². The molecular weight excluding hydrogens is 186 g/mol. The van der Waals surface area contributed by atoms with Crippen molar-refractivity contribution in [3.8, 4) is 0 Å². The lowest BCUT2D eigenvalue weighted by molar-refractivity contribution is 0.194. The second-order valence-electron chi connectivity index (χ2n) is 3.68. The molecule has 3 nitrogen and oxygen atoms in total. The predicted octanol–water partition coefficient (Wildman–Crippen LogP) is 2.57. The van der Waals surface area contributed by atoms with E-state index in [1.54, 1.807) is 0 Å². The quantitative estimate of drug-likeness (QED) is 0.746. The summed E-state index contributed by atoms with van der Waals surface area (Å²) in [7, 11) is 0. The number of nitrogens with zero attached hydrogens (tertiary/aromatic N) is 3. The van der Waals surface area contributed by atoms with E-state index in [9.17, 15) is 0 Å². The maximum Gasteiger partial charge on any atom is 0.0948 e. The van der Waals surface area contributed by atoms with Crippen LogP contribution in [0.3, 0.4) is 0 Å². The Labute approximate surface area is 93.1 Å². The molecule has 3 heteroatoms. The molecule has 1 aromatic heterocycles. The summed E-state index contributed by atoms with van der Waals surface area (Å²) in [5.74, 6) is 0. The van der Waals surface area contributed by atoms with Gasteiger partial charge in [0.15, 0.2) is 0 Å². The molecule has 0 radical (unpaired) electrons. The predicted molar refractivity (Wildman–Crippen MR) is 64.0 cm³/mol. The van der Waals surface area contributed by atoms with E-state index < -0.39 is 0 Å². The van der Waals surface area contributed by atoms with Crippen molar-refractivity contribution in [2.75, 3.05) is 19.6 Å². The van der Waals surface area contributed by atoms with E-state index in [1.807, 2.05) is 26.4 Å². The van der Waals surface area contributed by atoms with Gasteiger partial charge in [0, 0.05) is 31.5 Å². The zero-order valence-corrected chi connectivity index (χ0v) is 10.2. The Morgan fingerprint density at radius 1 is 1.27 bits per heavy atom. The first-order valence-corrected chi connectivity index (χ1v) is 6.10. The Balaban J connectivity index is 0.000000531. The lowest BCUT2D eigenvalue weighted by Crippen LogP contribution is -2.34. The second-order valence-corrected chi connectivity index (χ2v) is 3.68. The van der Waals surface area contributed by atoms with Gasteiger partial charge in [0.1, 0.15) is 0 Å². The molecule has 1 aliphatic rings. The third kappa shape index (κ3) is 3.34. The maximum atomic E-state index is 4.09. The monoisotopic (exact) mass is 209 g/mol. The number of likely N-dealkylation sites (tertiary alicyclic amines) is 1. The Morgan fingerprint density at radius 2 is 1.93 bits per heavy atom. The lowest BCUT2D eigenvalue weighted by atomic mass is 10.1. The van der Waals surface area contributed by atoms with Gasteiger partial charge in [-0.15, -0.1) is 0 Å². The molecule has 1 aliphatic heterocycles. The Bertz CT molecular complexity index is 235. The van der Waals surface area contributed by atoms with Crippen molar-refractivity contribution in [3.63, 3.8) is 0 Å². The lowest BCUT2D eigenvalue weighted by Gasteiger charge is -2.31. The molecule has 0 unspecified atom stereocenters. The first-order valence-electron chi connectivity index (χ1n) is 6.10. The minimum atomic E-state index is 0.685. The summed E-state index contributed by atoms with van der Waals surface area (Å²) in [6.45, 7) is 9.90. The van der Waals surface area contributed by atoms with Gasteiger partial charge in [-0.05, 0) is 19.4 Å². The van der Waals surface area contributed by atoms with Crippen molar-refractivity contribution in [1.29, 1.82) is 0 Å². The molecule has 2 heterocycles. The fraction of sp³-hybridized carbons (Fsp3) is 0.750. The molecule has 0 aliphatic carbocycles. The largest absolute Gasteiger partial charge is 0.334 e. The van der Waals surface area contributed by atoms with Crippen LogP contribution in [0, 0.1) is 0 Å². The number of hydrogen-bond acceptors (Lipinski definition) is 2. The van der Waals surface area contributed by atoms with E-state index in [0.717, 1.165) is 0 Å². The zero-order valence-electron chi connectivity index (χ0n) is 10.2. The Morgan fingerprint density at radius 3 is 2.40 bits per heavy atom. The molecule has 0 saturated carbocycles. The molecule has 0 bridgehead atoms. The summed E-state index contributed by atoms with van der Waals surface area (Å²) >= 11 is 0. The first-order chi connectivity index (χ1) is 7.40. The maximum absolute atomic E-state index is 4.09. The molecule has 86 valence electrons. The van der Waals surface area contributed by atoms with E-state index in [0.29, 0.717) is 6.04 Å². The molecule has 0 amide bonds. The molecular formula is C12H23N3. The first kappa shape index (κ1) is 12.2. The van der Waals surface area contributed by atoms with E-state index in [1.165, 1.54) is 32.5 Å². The van der Waals surface area contributed by atoms with Crippen molar-refractivity contribution in [2.45, 2.75) is 39.7 Å².